The summed E-state index contributed by atoms with van der Waals surface area (Å²) in [4.78, 5) is 14.7. The fourth-order valence-corrected chi connectivity index (χ4v) is 2.88. The molecule has 5 N–H and O–H groups in total. The van der Waals surface area contributed by atoms with E-state index in [1.165, 1.54) is 10.8 Å². The quantitative estimate of drug-likeness (QED) is 0.246. The summed E-state index contributed by atoms with van der Waals surface area (Å²) in [5.74, 6) is 3.46. The number of aromatic nitrogens is 1. The van der Waals surface area contributed by atoms with Gasteiger partial charge in [-0.1, -0.05) is 16.9 Å². The minimum absolute atomic E-state index is 0.0971. The van der Waals surface area contributed by atoms with Crippen molar-refractivity contribution in [2.24, 2.45) is 5.84 Å². The highest BCUT2D eigenvalue weighted by atomic mass is 33.1. The van der Waals surface area contributed by atoms with Crippen molar-refractivity contribution in [2.75, 3.05) is 5.75 Å². The van der Waals surface area contributed by atoms with Gasteiger partial charge < -0.3 is 10.2 Å². The molecule has 8 heteroatoms. The minimum Gasteiger partial charge on any atom is -0.478 e. The molecule has 1 aromatic rings. The topological polar surface area (TPSA) is 108 Å². The molecule has 1 rings (SSSR count). The minimum atomic E-state index is -2.12. The van der Waals surface area contributed by atoms with Crippen LogP contribution >= 0.6 is 21.6 Å². The van der Waals surface area contributed by atoms with Gasteiger partial charge in [0.25, 0.3) is 0 Å². The molecule has 0 aromatic carbocycles. The molecule has 0 radical (unpaired) electrons. The lowest BCUT2D eigenvalue weighted by Crippen LogP contribution is -2.57. The molecule has 1 heterocycles. The number of hydrogen-bond donors (Lipinski definition) is 4. The Morgan fingerprint density at radius 3 is 2.88 bits per heavy atom. The highest BCUT2D eigenvalue weighted by molar-refractivity contribution is 8.76. The number of carboxylic acids is 1. The van der Waals surface area contributed by atoms with Crippen LogP contribution in [0, 0.1) is 0 Å². The molecule has 0 fully saturated rings. The lowest BCUT2D eigenvalue weighted by molar-refractivity contribution is -0.159. The van der Waals surface area contributed by atoms with Crippen LogP contribution in [0.3, 0.4) is 0 Å². The summed E-state index contributed by atoms with van der Waals surface area (Å²) in [5, 5.41) is 18.9. The molecule has 0 saturated carbocycles. The highest BCUT2D eigenvalue weighted by Crippen LogP contribution is 2.30. The maximum Gasteiger partial charge on any atom is 0.353 e. The zero-order valence-electron chi connectivity index (χ0n) is 8.16. The lowest BCUT2D eigenvalue weighted by atomic mass is 10.3. The van der Waals surface area contributed by atoms with E-state index >= 15 is 0 Å². The van der Waals surface area contributed by atoms with Crippen LogP contribution < -0.4 is 11.3 Å². The number of aliphatic carboxylic acids is 1. The summed E-state index contributed by atoms with van der Waals surface area (Å²) in [5.41, 5.74) is -0.253. The summed E-state index contributed by atoms with van der Waals surface area (Å²) in [6.07, 6.45) is 1.63. The van der Waals surface area contributed by atoms with Crippen LogP contribution in [0.5, 0.6) is 0 Å². The number of nitrogens with zero attached hydrogens (tertiary/aromatic N) is 1. The summed E-state index contributed by atoms with van der Waals surface area (Å²) in [6, 6.07) is 5.39. The van der Waals surface area contributed by atoms with Crippen LogP contribution in [-0.2, 0) is 4.79 Å². The van der Waals surface area contributed by atoms with Crippen molar-refractivity contribution in [3.63, 3.8) is 0 Å². The molecule has 0 aliphatic heterocycles. The van der Waals surface area contributed by atoms with Crippen LogP contribution in [0.25, 0.3) is 0 Å². The van der Waals surface area contributed by atoms with E-state index in [2.05, 4.69) is 4.98 Å². The van der Waals surface area contributed by atoms with Crippen molar-refractivity contribution in [3.05, 3.63) is 24.4 Å². The van der Waals surface area contributed by atoms with E-state index in [1.54, 1.807) is 18.3 Å². The largest absolute Gasteiger partial charge is 0.478 e. The van der Waals surface area contributed by atoms with Gasteiger partial charge in [0.15, 0.2) is 0 Å². The van der Waals surface area contributed by atoms with E-state index in [0.29, 0.717) is 0 Å². The Balaban J connectivity index is 2.43. The summed E-state index contributed by atoms with van der Waals surface area (Å²) in [7, 11) is 2.41. The van der Waals surface area contributed by atoms with Crippen molar-refractivity contribution in [1.29, 1.82) is 0 Å². The predicted molar refractivity (Wildman–Crippen MR) is 62.5 cm³/mol. The van der Waals surface area contributed by atoms with Crippen LogP contribution in [0.15, 0.2) is 29.4 Å². The Morgan fingerprint density at radius 1 is 1.62 bits per heavy atom. The number of carboxylic acid groups (broad SMARTS) is 1. The Morgan fingerprint density at radius 2 is 2.38 bits per heavy atom. The lowest BCUT2D eigenvalue weighted by Gasteiger charge is -2.20. The molecule has 0 aliphatic rings. The Labute approximate surface area is 100 Å². The molecule has 6 nitrogen and oxygen atoms in total. The first-order valence-corrected chi connectivity index (χ1v) is 6.54. The third-order valence-electron chi connectivity index (χ3n) is 1.64. The fraction of sp³-hybridized carbons (Fsp3) is 0.250. The third kappa shape index (κ3) is 3.65. The first kappa shape index (κ1) is 13.3. The molecule has 0 spiro atoms. The number of carbonyl (C=O) groups is 1. The maximum absolute atomic E-state index is 10.7. The molecular formula is C8H11N3O3S2. The second-order valence-corrected chi connectivity index (χ2v) is 5.14. The first-order valence-electron chi connectivity index (χ1n) is 4.22. The molecule has 16 heavy (non-hydrogen) atoms. The maximum atomic E-state index is 10.7. The Kier molecular flexibility index (Phi) is 5.03. The average molecular weight is 261 g/mol. The molecule has 88 valence electrons. The molecule has 1 atom stereocenters. The number of nitrogens with two attached hydrogens (primary N) is 1. The fourth-order valence-electron chi connectivity index (χ4n) is 0.737. The Bertz CT molecular complexity index is 352. The molecule has 0 amide bonds. The van der Waals surface area contributed by atoms with Crippen molar-refractivity contribution in [1.82, 2.24) is 10.4 Å². The van der Waals surface area contributed by atoms with Gasteiger partial charge in [-0.05, 0) is 22.9 Å². The van der Waals surface area contributed by atoms with Gasteiger partial charge in [0.1, 0.15) is 5.03 Å². The van der Waals surface area contributed by atoms with Gasteiger partial charge in [-0.25, -0.2) is 15.2 Å². The van der Waals surface area contributed by atoms with Crippen LogP contribution in [-0.4, -0.2) is 32.6 Å². The first-order chi connectivity index (χ1) is 7.58. The van der Waals surface area contributed by atoms with E-state index in [-0.39, 0.29) is 5.75 Å². The molecule has 0 saturated heterocycles. The summed E-state index contributed by atoms with van der Waals surface area (Å²) < 4.78 is 0. The molecule has 0 aliphatic carbocycles. The number of hydrazine groups is 1. The van der Waals surface area contributed by atoms with Crippen molar-refractivity contribution >= 4 is 27.6 Å². The van der Waals surface area contributed by atoms with E-state index in [0.717, 1.165) is 15.8 Å². The van der Waals surface area contributed by atoms with Crippen LogP contribution in [0.4, 0.5) is 0 Å². The van der Waals surface area contributed by atoms with Gasteiger partial charge in [-0.15, -0.1) is 0 Å². The molecular weight excluding hydrogens is 250 g/mol. The number of aliphatic hydroxyl groups is 1. The normalized spacial score (nSPS) is 14.4. The highest BCUT2D eigenvalue weighted by Gasteiger charge is 2.34. The van der Waals surface area contributed by atoms with E-state index in [4.69, 9.17) is 10.9 Å². The third-order valence-corrected chi connectivity index (χ3v) is 3.93. The van der Waals surface area contributed by atoms with Gasteiger partial charge in [0.05, 0.1) is 5.75 Å². The van der Waals surface area contributed by atoms with Gasteiger partial charge in [0, 0.05) is 6.20 Å². The number of rotatable bonds is 6. The second-order valence-electron chi connectivity index (χ2n) is 2.82. The van der Waals surface area contributed by atoms with Gasteiger partial charge >= 0.3 is 5.97 Å². The predicted octanol–water partition coefficient (Wildman–Crippen LogP) is 0.0584. The van der Waals surface area contributed by atoms with Gasteiger partial charge in [-0.2, -0.15) is 0 Å². The van der Waals surface area contributed by atoms with Gasteiger partial charge in [-0.3, -0.25) is 5.84 Å². The zero-order valence-corrected chi connectivity index (χ0v) is 9.79. The second kappa shape index (κ2) is 6.06. The van der Waals surface area contributed by atoms with Crippen LogP contribution in [0.2, 0.25) is 0 Å². The molecule has 0 unspecified atom stereocenters. The molecule has 0 bridgehead atoms. The SMILES string of the molecule is NN[C@@](O)(CSSc1ccccn1)C(=O)O. The average Bonchev–Trinajstić information content (AvgIpc) is 2.30. The van der Waals surface area contributed by atoms with Crippen molar-refractivity contribution < 1.29 is 15.0 Å². The zero-order chi connectivity index (χ0) is 12.0. The Hall–Kier alpha value is -0.800. The van der Waals surface area contributed by atoms with Crippen molar-refractivity contribution in [3.8, 4) is 0 Å². The van der Waals surface area contributed by atoms with E-state index < -0.39 is 11.7 Å². The smallest absolute Gasteiger partial charge is 0.353 e. The number of hydrogen-bond acceptors (Lipinski definition) is 7. The number of pyridine rings is 1. The monoisotopic (exact) mass is 261 g/mol. The van der Waals surface area contributed by atoms with Gasteiger partial charge in [0.2, 0.25) is 5.72 Å². The van der Waals surface area contributed by atoms with Crippen LogP contribution in [0.1, 0.15) is 0 Å². The van der Waals surface area contributed by atoms with Crippen molar-refractivity contribution in [2.45, 2.75) is 10.8 Å². The summed E-state index contributed by atoms with van der Waals surface area (Å²) in [6.45, 7) is 0. The summed E-state index contributed by atoms with van der Waals surface area (Å²) >= 11 is 0. The van der Waals surface area contributed by atoms with E-state index in [1.807, 2.05) is 11.5 Å². The standard InChI is InChI=1S/C8H11N3O3S2/c9-11-8(14,7(12)13)5-15-16-6-3-1-2-4-10-6/h1-4,11,14H,5,9H2,(H,12,13)/t8-/m1/s1. The van der Waals surface area contributed by atoms with E-state index in [9.17, 15) is 9.90 Å². The molecule has 1 aromatic heterocycles. The number of nitrogens with one attached hydrogen (secondary N) is 1.